The van der Waals surface area contributed by atoms with E-state index in [1.165, 1.54) is 0 Å². The molecule has 0 saturated heterocycles. The molecule has 12 heavy (non-hydrogen) atoms. The maximum atomic E-state index is 9.19. The second-order valence-electron chi connectivity index (χ2n) is 2.38. The fourth-order valence-corrected chi connectivity index (χ4v) is 1.30. The maximum Gasteiger partial charge on any atom is 0.116 e. The second-order valence-corrected chi connectivity index (χ2v) is 3.34. The summed E-state index contributed by atoms with van der Waals surface area (Å²) in [4.78, 5) is 0. The molecule has 1 nitrogen and oxygen atoms in total. The van der Waals surface area contributed by atoms with Crippen molar-refractivity contribution in [2.24, 2.45) is 0 Å². The highest BCUT2D eigenvalue weighted by atomic mass is 79.9. The normalized spacial score (nSPS) is 9.42. The van der Waals surface area contributed by atoms with Gasteiger partial charge in [0.05, 0.1) is 0 Å². The molecule has 2 heteroatoms. The Kier molecular flexibility index (Phi) is 2.71. The van der Waals surface area contributed by atoms with Crippen LogP contribution in [0.3, 0.4) is 0 Å². The number of phenols is 1. The van der Waals surface area contributed by atoms with Crippen molar-refractivity contribution in [3.63, 3.8) is 0 Å². The molecule has 0 atom stereocenters. The molecule has 0 fully saturated rings. The molecule has 1 aromatic rings. The van der Waals surface area contributed by atoms with Gasteiger partial charge >= 0.3 is 0 Å². The first kappa shape index (κ1) is 9.07. The summed E-state index contributed by atoms with van der Waals surface area (Å²) >= 11 is 3.25. The largest absolute Gasteiger partial charge is 0.508 e. The van der Waals surface area contributed by atoms with Gasteiger partial charge in [0.15, 0.2) is 0 Å². The third kappa shape index (κ3) is 1.77. The van der Waals surface area contributed by atoms with Crippen molar-refractivity contribution in [3.8, 4) is 5.75 Å². The smallest absolute Gasteiger partial charge is 0.116 e. The number of hydrogen-bond donors (Lipinski definition) is 1. The van der Waals surface area contributed by atoms with Gasteiger partial charge in [-0.3, -0.25) is 0 Å². The van der Waals surface area contributed by atoms with Crippen LogP contribution in [0, 0.1) is 0 Å². The molecule has 62 valence electrons. The Hall–Kier alpha value is -1.02. The summed E-state index contributed by atoms with van der Waals surface area (Å²) in [5, 5.41) is 9.19. The molecule has 1 N–H and O–H groups in total. The minimum absolute atomic E-state index is 0.233. The molecular formula is C10H9BrO. The van der Waals surface area contributed by atoms with Crippen molar-refractivity contribution in [3.05, 3.63) is 42.5 Å². The van der Waals surface area contributed by atoms with Gasteiger partial charge in [-0.05, 0) is 23.3 Å². The zero-order valence-electron chi connectivity index (χ0n) is 6.55. The Labute approximate surface area is 80.2 Å². The fraction of sp³-hybridized carbons (Fsp3) is 0. The van der Waals surface area contributed by atoms with Crippen LogP contribution in [0.15, 0.2) is 31.4 Å². The molecule has 0 aliphatic rings. The molecule has 0 spiro atoms. The molecule has 0 saturated carbocycles. The highest BCUT2D eigenvalue weighted by molar-refractivity contribution is 9.15. The van der Waals surface area contributed by atoms with Crippen LogP contribution in [-0.2, 0) is 0 Å². The number of rotatable bonds is 2. The Morgan fingerprint density at radius 2 is 2.17 bits per heavy atom. The summed E-state index contributed by atoms with van der Waals surface area (Å²) < 4.78 is 0.744. The van der Waals surface area contributed by atoms with E-state index in [0.29, 0.717) is 0 Å². The van der Waals surface area contributed by atoms with E-state index in [1.54, 1.807) is 24.3 Å². The summed E-state index contributed by atoms with van der Waals surface area (Å²) in [7, 11) is 0. The zero-order valence-corrected chi connectivity index (χ0v) is 8.13. The van der Waals surface area contributed by atoms with Gasteiger partial charge in [-0.2, -0.15) is 0 Å². The van der Waals surface area contributed by atoms with Crippen LogP contribution in [-0.4, -0.2) is 5.11 Å². The van der Waals surface area contributed by atoms with Gasteiger partial charge in [-0.15, -0.1) is 0 Å². The Balaban J connectivity index is 3.30. The van der Waals surface area contributed by atoms with Crippen molar-refractivity contribution in [2.45, 2.75) is 0 Å². The molecule has 0 unspecified atom stereocenters. The quantitative estimate of drug-likeness (QED) is 0.817. The summed E-state index contributed by atoms with van der Waals surface area (Å²) in [6.45, 7) is 7.39. The zero-order chi connectivity index (χ0) is 9.14. The van der Waals surface area contributed by atoms with Crippen LogP contribution >= 0.6 is 15.9 Å². The molecule has 0 aliphatic carbocycles. The van der Waals surface area contributed by atoms with Gasteiger partial charge < -0.3 is 5.11 Å². The van der Waals surface area contributed by atoms with E-state index in [1.807, 2.05) is 0 Å². The summed E-state index contributed by atoms with van der Waals surface area (Å²) in [5.74, 6) is 0.233. The third-order valence-electron chi connectivity index (χ3n) is 1.55. The van der Waals surface area contributed by atoms with Crippen LogP contribution in [0.5, 0.6) is 5.75 Å². The van der Waals surface area contributed by atoms with E-state index in [0.717, 1.165) is 15.6 Å². The number of halogens is 1. The average molecular weight is 225 g/mol. The lowest BCUT2D eigenvalue weighted by molar-refractivity contribution is 0.475. The molecule has 0 amide bonds. The topological polar surface area (TPSA) is 20.2 Å². The Morgan fingerprint density at radius 3 is 2.67 bits per heavy atom. The molecule has 0 aliphatic heterocycles. The number of hydrogen-bond acceptors (Lipinski definition) is 1. The molecule has 0 heterocycles. The van der Waals surface area contributed by atoms with Crippen LogP contribution in [0.4, 0.5) is 0 Å². The lowest BCUT2D eigenvalue weighted by Gasteiger charge is -2.03. The van der Waals surface area contributed by atoms with Crippen molar-refractivity contribution in [1.82, 2.24) is 0 Å². The summed E-state index contributed by atoms with van der Waals surface area (Å²) in [5.41, 5.74) is 1.82. The minimum atomic E-state index is 0.233. The Morgan fingerprint density at radius 1 is 1.50 bits per heavy atom. The number of aromatic hydroxyl groups is 1. The Bertz CT molecular complexity index is 329. The number of benzene rings is 1. The highest BCUT2D eigenvalue weighted by Crippen LogP contribution is 2.26. The summed E-state index contributed by atoms with van der Waals surface area (Å²) in [6.07, 6.45) is 1.72. The molecular weight excluding hydrogens is 216 g/mol. The van der Waals surface area contributed by atoms with Crippen LogP contribution in [0.25, 0.3) is 10.6 Å². The first-order valence-electron chi connectivity index (χ1n) is 3.45. The summed E-state index contributed by atoms with van der Waals surface area (Å²) in [6, 6.07) is 5.06. The van der Waals surface area contributed by atoms with Crippen LogP contribution in [0.1, 0.15) is 11.1 Å². The predicted molar refractivity (Wildman–Crippen MR) is 56.2 cm³/mol. The average Bonchev–Trinajstić information content (AvgIpc) is 2.04. The third-order valence-corrected chi connectivity index (χ3v) is 1.98. The van der Waals surface area contributed by atoms with E-state index in [-0.39, 0.29) is 5.75 Å². The van der Waals surface area contributed by atoms with E-state index in [9.17, 15) is 5.11 Å². The first-order chi connectivity index (χ1) is 5.65. The first-order valence-corrected chi connectivity index (χ1v) is 4.24. The van der Waals surface area contributed by atoms with Gasteiger partial charge in [0.1, 0.15) is 5.75 Å². The number of phenolic OH excluding ortho intramolecular Hbond substituents is 1. The van der Waals surface area contributed by atoms with Crippen molar-refractivity contribution >= 4 is 26.5 Å². The van der Waals surface area contributed by atoms with Crippen LogP contribution < -0.4 is 0 Å². The van der Waals surface area contributed by atoms with Crippen molar-refractivity contribution in [2.75, 3.05) is 0 Å². The fourth-order valence-electron chi connectivity index (χ4n) is 0.957. The molecule has 1 aromatic carbocycles. The lowest BCUT2D eigenvalue weighted by Crippen LogP contribution is -1.81. The van der Waals surface area contributed by atoms with Gasteiger partial charge in [0.2, 0.25) is 0 Å². The van der Waals surface area contributed by atoms with Gasteiger partial charge in [0, 0.05) is 4.48 Å². The van der Waals surface area contributed by atoms with Crippen LogP contribution in [0.2, 0.25) is 0 Å². The maximum absolute atomic E-state index is 9.19. The molecule has 0 aromatic heterocycles. The monoisotopic (exact) mass is 224 g/mol. The highest BCUT2D eigenvalue weighted by Gasteiger charge is 2.01. The standard InChI is InChI=1S/C10H9BrO/c1-3-8-4-5-9(12)6-10(8)7(2)11/h3-6,12H,1-2H2. The molecule has 0 bridgehead atoms. The van der Waals surface area contributed by atoms with E-state index < -0.39 is 0 Å². The minimum Gasteiger partial charge on any atom is -0.508 e. The van der Waals surface area contributed by atoms with E-state index >= 15 is 0 Å². The second kappa shape index (κ2) is 3.59. The van der Waals surface area contributed by atoms with Crippen molar-refractivity contribution in [1.29, 1.82) is 0 Å². The van der Waals surface area contributed by atoms with Gasteiger partial charge in [0.25, 0.3) is 0 Å². The van der Waals surface area contributed by atoms with Gasteiger partial charge in [-0.1, -0.05) is 41.2 Å². The van der Waals surface area contributed by atoms with E-state index in [2.05, 4.69) is 29.1 Å². The lowest BCUT2D eigenvalue weighted by atomic mass is 10.1. The SMILES string of the molecule is C=Cc1ccc(O)cc1C(=C)Br. The van der Waals surface area contributed by atoms with E-state index in [4.69, 9.17) is 0 Å². The molecule has 1 rings (SSSR count). The van der Waals surface area contributed by atoms with Crippen molar-refractivity contribution < 1.29 is 5.11 Å². The molecule has 0 radical (unpaired) electrons. The van der Waals surface area contributed by atoms with Gasteiger partial charge in [-0.25, -0.2) is 0 Å². The predicted octanol–water partition coefficient (Wildman–Crippen LogP) is 3.40.